The molecule has 1 aromatic rings. The standard InChI is InChI=1S/C10H14N2O2S/c1-3-8-7(4-5-14-8)10(13)12(2)6-9(11)15/h4-5H,3,6H2,1-2H3,(H2,11,15). The predicted molar refractivity (Wildman–Crippen MR) is 61.8 cm³/mol. The number of carbonyl (C=O) groups is 1. The van der Waals surface area contributed by atoms with Crippen LogP contribution in [0.1, 0.15) is 23.0 Å². The summed E-state index contributed by atoms with van der Waals surface area (Å²) in [6, 6.07) is 1.66. The van der Waals surface area contributed by atoms with E-state index < -0.39 is 0 Å². The van der Waals surface area contributed by atoms with Crippen LogP contribution in [0, 0.1) is 0 Å². The van der Waals surface area contributed by atoms with Gasteiger partial charge in [0.1, 0.15) is 5.76 Å². The van der Waals surface area contributed by atoms with Crippen molar-refractivity contribution < 1.29 is 9.21 Å². The Morgan fingerprint density at radius 2 is 2.33 bits per heavy atom. The Bertz CT molecular complexity index is 373. The van der Waals surface area contributed by atoms with E-state index in [1.807, 2.05) is 6.92 Å². The van der Waals surface area contributed by atoms with E-state index in [1.165, 1.54) is 11.2 Å². The molecule has 1 heterocycles. The molecular weight excluding hydrogens is 212 g/mol. The second-order valence-corrected chi connectivity index (χ2v) is 3.76. The first-order valence-electron chi connectivity index (χ1n) is 4.66. The molecule has 0 saturated heterocycles. The van der Waals surface area contributed by atoms with Crippen molar-refractivity contribution >= 4 is 23.1 Å². The van der Waals surface area contributed by atoms with Gasteiger partial charge in [-0.25, -0.2) is 0 Å². The number of hydrogen-bond acceptors (Lipinski definition) is 3. The molecule has 0 atom stereocenters. The zero-order valence-corrected chi connectivity index (χ0v) is 9.63. The fourth-order valence-electron chi connectivity index (χ4n) is 1.32. The van der Waals surface area contributed by atoms with Crippen molar-refractivity contribution in [1.29, 1.82) is 0 Å². The van der Waals surface area contributed by atoms with Crippen molar-refractivity contribution in [3.63, 3.8) is 0 Å². The number of amides is 1. The molecule has 4 nitrogen and oxygen atoms in total. The molecule has 82 valence electrons. The second-order valence-electron chi connectivity index (χ2n) is 3.24. The zero-order valence-electron chi connectivity index (χ0n) is 8.82. The number of aryl methyl sites for hydroxylation is 1. The molecule has 0 unspecified atom stereocenters. The van der Waals surface area contributed by atoms with Crippen molar-refractivity contribution in [3.05, 3.63) is 23.7 Å². The van der Waals surface area contributed by atoms with Crippen molar-refractivity contribution in [1.82, 2.24) is 4.90 Å². The minimum absolute atomic E-state index is 0.117. The molecule has 0 aliphatic heterocycles. The lowest BCUT2D eigenvalue weighted by molar-refractivity contribution is 0.0813. The molecule has 0 aliphatic rings. The topological polar surface area (TPSA) is 59.5 Å². The van der Waals surface area contributed by atoms with Crippen LogP contribution in [0.3, 0.4) is 0 Å². The molecule has 0 bridgehead atoms. The number of rotatable bonds is 4. The van der Waals surface area contributed by atoms with Crippen LogP contribution < -0.4 is 5.73 Å². The highest BCUT2D eigenvalue weighted by Crippen LogP contribution is 2.13. The maximum absolute atomic E-state index is 11.9. The number of nitrogens with two attached hydrogens (primary N) is 1. The summed E-state index contributed by atoms with van der Waals surface area (Å²) < 4.78 is 5.18. The lowest BCUT2D eigenvalue weighted by Gasteiger charge is -2.15. The highest BCUT2D eigenvalue weighted by molar-refractivity contribution is 7.80. The molecular formula is C10H14N2O2S. The molecule has 1 aromatic heterocycles. The Hall–Kier alpha value is -1.36. The van der Waals surface area contributed by atoms with Crippen LogP contribution in [0.25, 0.3) is 0 Å². The molecule has 15 heavy (non-hydrogen) atoms. The van der Waals surface area contributed by atoms with Crippen LogP contribution in [0.4, 0.5) is 0 Å². The summed E-state index contributed by atoms with van der Waals surface area (Å²) in [5, 5.41) is 0. The first kappa shape index (κ1) is 11.7. The molecule has 0 spiro atoms. The third-order valence-electron chi connectivity index (χ3n) is 2.04. The minimum Gasteiger partial charge on any atom is -0.469 e. The molecule has 2 N–H and O–H groups in total. The molecule has 1 amide bonds. The Morgan fingerprint density at radius 1 is 1.67 bits per heavy atom. The van der Waals surface area contributed by atoms with Gasteiger partial charge in [-0.3, -0.25) is 4.79 Å². The molecule has 0 fully saturated rings. The monoisotopic (exact) mass is 226 g/mol. The van der Waals surface area contributed by atoms with Gasteiger partial charge in [0.2, 0.25) is 0 Å². The molecule has 1 rings (SSSR count). The largest absolute Gasteiger partial charge is 0.469 e. The second kappa shape index (κ2) is 4.93. The van der Waals surface area contributed by atoms with Crippen molar-refractivity contribution in [2.75, 3.05) is 13.6 Å². The molecule has 0 saturated carbocycles. The fraction of sp³-hybridized carbons (Fsp3) is 0.400. The van der Waals surface area contributed by atoms with E-state index in [1.54, 1.807) is 13.1 Å². The lowest BCUT2D eigenvalue weighted by atomic mass is 10.2. The van der Waals surface area contributed by atoms with Crippen LogP contribution in [0.2, 0.25) is 0 Å². The lowest BCUT2D eigenvalue weighted by Crippen LogP contribution is -2.34. The summed E-state index contributed by atoms with van der Waals surface area (Å²) in [4.78, 5) is 13.6. The highest BCUT2D eigenvalue weighted by Gasteiger charge is 2.17. The SMILES string of the molecule is CCc1occc1C(=O)N(C)CC(N)=S. The summed E-state index contributed by atoms with van der Waals surface area (Å²) in [5.74, 6) is 0.572. The van der Waals surface area contributed by atoms with Crippen molar-refractivity contribution in [3.8, 4) is 0 Å². The Kier molecular flexibility index (Phi) is 3.85. The predicted octanol–water partition coefficient (Wildman–Crippen LogP) is 1.20. The minimum atomic E-state index is -0.117. The van der Waals surface area contributed by atoms with Crippen LogP contribution >= 0.6 is 12.2 Å². The normalized spacial score (nSPS) is 10.0. The fourth-order valence-corrected chi connectivity index (χ4v) is 1.51. The number of carbonyl (C=O) groups excluding carboxylic acids is 1. The average molecular weight is 226 g/mol. The van der Waals surface area contributed by atoms with Gasteiger partial charge < -0.3 is 15.1 Å². The number of likely N-dealkylation sites (N-methyl/N-ethyl adjacent to an activating group) is 1. The zero-order chi connectivity index (χ0) is 11.4. The van der Waals surface area contributed by atoms with Gasteiger partial charge in [-0.1, -0.05) is 19.1 Å². The summed E-state index contributed by atoms with van der Waals surface area (Å²) in [7, 11) is 1.66. The van der Waals surface area contributed by atoms with E-state index in [0.29, 0.717) is 22.7 Å². The third kappa shape index (κ3) is 2.79. The summed E-state index contributed by atoms with van der Waals surface area (Å²) in [6.07, 6.45) is 2.20. The summed E-state index contributed by atoms with van der Waals surface area (Å²) in [6.45, 7) is 2.21. The number of furan rings is 1. The summed E-state index contributed by atoms with van der Waals surface area (Å²) >= 11 is 4.74. The van der Waals surface area contributed by atoms with Gasteiger partial charge in [-0.2, -0.15) is 0 Å². The number of hydrogen-bond donors (Lipinski definition) is 1. The Morgan fingerprint density at radius 3 is 2.87 bits per heavy atom. The van der Waals surface area contributed by atoms with Crippen LogP contribution in [-0.4, -0.2) is 29.4 Å². The quantitative estimate of drug-likeness (QED) is 0.784. The maximum atomic E-state index is 11.9. The number of thiocarbonyl (C=S) groups is 1. The van der Waals surface area contributed by atoms with Crippen LogP contribution in [0.15, 0.2) is 16.7 Å². The van der Waals surface area contributed by atoms with Gasteiger partial charge >= 0.3 is 0 Å². The van der Waals surface area contributed by atoms with E-state index in [9.17, 15) is 4.79 Å². The third-order valence-corrected chi connectivity index (χ3v) is 2.17. The molecule has 0 aliphatic carbocycles. The van der Waals surface area contributed by atoms with Crippen LogP contribution in [-0.2, 0) is 6.42 Å². The van der Waals surface area contributed by atoms with E-state index in [-0.39, 0.29) is 12.5 Å². The van der Waals surface area contributed by atoms with Crippen LogP contribution in [0.5, 0.6) is 0 Å². The van der Waals surface area contributed by atoms with Gasteiger partial charge in [0, 0.05) is 13.5 Å². The van der Waals surface area contributed by atoms with Gasteiger partial charge in [0.05, 0.1) is 23.4 Å². The summed E-state index contributed by atoms with van der Waals surface area (Å²) in [5.41, 5.74) is 5.95. The number of nitrogens with zero attached hydrogens (tertiary/aromatic N) is 1. The van der Waals surface area contributed by atoms with E-state index in [0.717, 1.165) is 0 Å². The first-order valence-corrected chi connectivity index (χ1v) is 5.07. The smallest absolute Gasteiger partial charge is 0.257 e. The molecule has 5 heteroatoms. The van der Waals surface area contributed by atoms with Crippen molar-refractivity contribution in [2.45, 2.75) is 13.3 Å². The van der Waals surface area contributed by atoms with E-state index in [4.69, 9.17) is 22.4 Å². The van der Waals surface area contributed by atoms with Crippen molar-refractivity contribution in [2.24, 2.45) is 5.73 Å². The van der Waals surface area contributed by atoms with Gasteiger partial charge in [0.25, 0.3) is 5.91 Å². The highest BCUT2D eigenvalue weighted by atomic mass is 32.1. The molecule has 0 aromatic carbocycles. The van der Waals surface area contributed by atoms with Gasteiger partial charge in [0.15, 0.2) is 0 Å². The van der Waals surface area contributed by atoms with E-state index >= 15 is 0 Å². The van der Waals surface area contributed by atoms with Gasteiger partial charge in [-0.05, 0) is 6.07 Å². The molecule has 0 radical (unpaired) electrons. The van der Waals surface area contributed by atoms with Gasteiger partial charge in [-0.15, -0.1) is 0 Å². The maximum Gasteiger partial charge on any atom is 0.257 e. The average Bonchev–Trinajstić information content (AvgIpc) is 2.62. The Balaban J connectivity index is 2.80. The first-order chi connectivity index (χ1) is 7.06. The Labute approximate surface area is 94.0 Å². The van der Waals surface area contributed by atoms with E-state index in [2.05, 4.69) is 0 Å².